The van der Waals surface area contributed by atoms with Gasteiger partial charge < -0.3 is 14.8 Å². The van der Waals surface area contributed by atoms with Gasteiger partial charge in [-0.1, -0.05) is 47.0 Å². The largest absolute Gasteiger partial charge is 0.490 e. The van der Waals surface area contributed by atoms with Crippen LogP contribution in [0.2, 0.25) is 10.0 Å². The molecule has 0 radical (unpaired) electrons. The standard InChI is InChI=1S/C29H25Cl2N3O6/c1-4-39-24-14-18(13-22(31)26(24)40-15-25(35)32-19-10-8-16(2)9-11-19)12-20-27(36)33-29(38)34(28(20)37)23-7-5-6-21(30)17(23)3/h5-14H,4,15H2,1-3H3,(H,32,35)(H,33,36,38)/b20-12+. The van der Waals surface area contributed by atoms with Crippen molar-refractivity contribution in [1.82, 2.24) is 5.32 Å². The SMILES string of the molecule is CCOc1cc(/C=C2\C(=O)NC(=O)N(c3cccc(Cl)c3C)C2=O)cc(Cl)c1OCC(=O)Nc1ccc(C)cc1. The van der Waals surface area contributed by atoms with E-state index in [1.165, 1.54) is 18.2 Å². The maximum atomic E-state index is 13.3. The van der Waals surface area contributed by atoms with Crippen molar-refractivity contribution in [2.24, 2.45) is 0 Å². The highest BCUT2D eigenvalue weighted by molar-refractivity contribution is 6.40. The topological polar surface area (TPSA) is 114 Å². The van der Waals surface area contributed by atoms with Gasteiger partial charge in [0.25, 0.3) is 17.7 Å². The van der Waals surface area contributed by atoms with Gasteiger partial charge in [-0.3, -0.25) is 19.7 Å². The smallest absolute Gasteiger partial charge is 0.335 e. The Morgan fingerprint density at radius 2 is 1.73 bits per heavy atom. The van der Waals surface area contributed by atoms with Crippen LogP contribution in [-0.2, 0) is 14.4 Å². The summed E-state index contributed by atoms with van der Waals surface area (Å²) in [6, 6.07) is 14.2. The Bertz CT molecular complexity index is 1540. The van der Waals surface area contributed by atoms with Crippen LogP contribution in [0.4, 0.5) is 16.2 Å². The molecule has 206 valence electrons. The van der Waals surface area contributed by atoms with Gasteiger partial charge >= 0.3 is 6.03 Å². The Balaban J connectivity index is 1.60. The number of carbonyl (C=O) groups excluding carboxylic acids is 4. The lowest BCUT2D eigenvalue weighted by molar-refractivity contribution is -0.122. The highest BCUT2D eigenvalue weighted by Gasteiger charge is 2.37. The number of urea groups is 1. The van der Waals surface area contributed by atoms with Crippen molar-refractivity contribution in [1.29, 1.82) is 0 Å². The van der Waals surface area contributed by atoms with Gasteiger partial charge in [-0.15, -0.1) is 0 Å². The number of hydrogen-bond donors (Lipinski definition) is 2. The number of rotatable bonds is 8. The molecule has 1 aliphatic rings. The number of halogens is 2. The minimum Gasteiger partial charge on any atom is -0.490 e. The summed E-state index contributed by atoms with van der Waals surface area (Å²) in [4.78, 5) is 51.8. The van der Waals surface area contributed by atoms with E-state index in [9.17, 15) is 19.2 Å². The van der Waals surface area contributed by atoms with E-state index in [1.54, 1.807) is 44.2 Å². The number of nitrogens with one attached hydrogen (secondary N) is 2. The van der Waals surface area contributed by atoms with E-state index in [2.05, 4.69) is 10.6 Å². The zero-order chi connectivity index (χ0) is 29.0. The Labute approximate surface area is 240 Å². The summed E-state index contributed by atoms with van der Waals surface area (Å²) < 4.78 is 11.3. The second kappa shape index (κ2) is 12.2. The molecule has 0 bridgehead atoms. The molecule has 1 heterocycles. The summed E-state index contributed by atoms with van der Waals surface area (Å²) in [6.07, 6.45) is 1.29. The molecule has 1 fully saturated rings. The van der Waals surface area contributed by atoms with E-state index in [4.69, 9.17) is 32.7 Å². The number of aryl methyl sites for hydroxylation is 1. The minimum absolute atomic E-state index is 0.0863. The lowest BCUT2D eigenvalue weighted by Crippen LogP contribution is -2.54. The Morgan fingerprint density at radius 1 is 1.00 bits per heavy atom. The normalized spacial score (nSPS) is 14.3. The van der Waals surface area contributed by atoms with Gasteiger partial charge in [-0.05, 0) is 74.4 Å². The predicted molar refractivity (Wildman–Crippen MR) is 153 cm³/mol. The van der Waals surface area contributed by atoms with Gasteiger partial charge in [-0.25, -0.2) is 9.69 Å². The third-order valence-electron chi connectivity index (χ3n) is 5.91. The lowest BCUT2D eigenvalue weighted by Gasteiger charge is -2.27. The molecule has 9 nitrogen and oxygen atoms in total. The summed E-state index contributed by atoms with van der Waals surface area (Å²) in [5.74, 6) is -1.78. The van der Waals surface area contributed by atoms with Crippen LogP contribution in [0.3, 0.4) is 0 Å². The predicted octanol–water partition coefficient (Wildman–Crippen LogP) is 5.69. The average molecular weight is 582 g/mol. The van der Waals surface area contributed by atoms with E-state index in [-0.39, 0.29) is 41.0 Å². The van der Waals surface area contributed by atoms with Crippen molar-refractivity contribution in [3.8, 4) is 11.5 Å². The summed E-state index contributed by atoms with van der Waals surface area (Å²) in [5.41, 5.74) is 2.45. The molecule has 1 saturated heterocycles. The van der Waals surface area contributed by atoms with Crippen molar-refractivity contribution in [2.75, 3.05) is 23.4 Å². The fourth-order valence-corrected chi connectivity index (χ4v) is 4.37. The van der Waals surface area contributed by atoms with Gasteiger partial charge in [0.15, 0.2) is 18.1 Å². The number of anilines is 2. The number of imide groups is 2. The molecule has 5 amide bonds. The summed E-state index contributed by atoms with van der Waals surface area (Å²) in [6.45, 7) is 5.26. The molecule has 40 heavy (non-hydrogen) atoms. The maximum Gasteiger partial charge on any atom is 0.335 e. The van der Waals surface area contributed by atoms with Gasteiger partial charge in [0, 0.05) is 10.7 Å². The molecular weight excluding hydrogens is 557 g/mol. The lowest BCUT2D eigenvalue weighted by atomic mass is 10.1. The van der Waals surface area contributed by atoms with Gasteiger partial charge in [0.1, 0.15) is 5.57 Å². The first kappa shape index (κ1) is 28.7. The molecule has 0 saturated carbocycles. The zero-order valence-corrected chi connectivity index (χ0v) is 23.4. The fraction of sp³-hybridized carbons (Fsp3) is 0.172. The second-order valence-electron chi connectivity index (χ2n) is 8.81. The molecule has 0 aliphatic carbocycles. The molecule has 4 rings (SSSR count). The van der Waals surface area contributed by atoms with Crippen LogP contribution < -0.4 is 25.0 Å². The molecular formula is C29H25Cl2N3O6. The van der Waals surface area contributed by atoms with E-state index in [1.807, 2.05) is 19.1 Å². The monoisotopic (exact) mass is 581 g/mol. The first-order valence-corrected chi connectivity index (χ1v) is 13.0. The molecule has 0 unspecified atom stereocenters. The average Bonchev–Trinajstić information content (AvgIpc) is 2.90. The Kier molecular flexibility index (Phi) is 8.77. The number of hydrogen-bond acceptors (Lipinski definition) is 6. The second-order valence-corrected chi connectivity index (χ2v) is 9.62. The van der Waals surface area contributed by atoms with Gasteiger partial charge in [0.05, 0.1) is 17.3 Å². The van der Waals surface area contributed by atoms with Gasteiger partial charge in [-0.2, -0.15) is 0 Å². The van der Waals surface area contributed by atoms with Crippen LogP contribution in [0.15, 0.2) is 60.2 Å². The van der Waals surface area contributed by atoms with Crippen molar-refractivity contribution in [3.05, 3.63) is 86.9 Å². The summed E-state index contributed by atoms with van der Waals surface area (Å²) >= 11 is 12.7. The molecule has 1 aliphatic heterocycles. The van der Waals surface area contributed by atoms with Crippen LogP contribution >= 0.6 is 23.2 Å². The highest BCUT2D eigenvalue weighted by Crippen LogP contribution is 2.38. The first-order chi connectivity index (χ1) is 19.1. The molecule has 0 atom stereocenters. The minimum atomic E-state index is -0.891. The van der Waals surface area contributed by atoms with Crippen LogP contribution in [0.5, 0.6) is 11.5 Å². The third kappa shape index (κ3) is 6.27. The number of carbonyl (C=O) groups is 4. The number of barbiturate groups is 1. The maximum absolute atomic E-state index is 13.3. The van der Waals surface area contributed by atoms with Crippen molar-refractivity contribution >= 4 is 64.4 Å². The number of ether oxygens (including phenoxy) is 2. The van der Waals surface area contributed by atoms with Crippen molar-refractivity contribution in [2.45, 2.75) is 20.8 Å². The molecule has 3 aromatic rings. The molecule has 3 aromatic carbocycles. The quantitative estimate of drug-likeness (QED) is 0.261. The van der Waals surface area contributed by atoms with Crippen LogP contribution in [0.1, 0.15) is 23.6 Å². The van der Waals surface area contributed by atoms with Crippen molar-refractivity contribution < 1.29 is 28.7 Å². The van der Waals surface area contributed by atoms with Crippen molar-refractivity contribution in [3.63, 3.8) is 0 Å². The number of nitrogens with zero attached hydrogens (tertiary/aromatic N) is 1. The van der Waals surface area contributed by atoms with E-state index < -0.39 is 23.8 Å². The molecule has 11 heteroatoms. The summed E-state index contributed by atoms with van der Waals surface area (Å²) in [7, 11) is 0. The molecule has 0 spiro atoms. The Hall–Kier alpha value is -4.34. The third-order valence-corrected chi connectivity index (χ3v) is 6.60. The Morgan fingerprint density at radius 3 is 2.42 bits per heavy atom. The van der Waals surface area contributed by atoms with Crippen LogP contribution in [0, 0.1) is 13.8 Å². The fourth-order valence-electron chi connectivity index (χ4n) is 3.93. The van der Waals surface area contributed by atoms with Gasteiger partial charge in [0.2, 0.25) is 0 Å². The number of amides is 5. The van der Waals surface area contributed by atoms with E-state index in [0.29, 0.717) is 21.8 Å². The van der Waals surface area contributed by atoms with E-state index in [0.717, 1.165) is 10.5 Å². The molecule has 2 N–H and O–H groups in total. The summed E-state index contributed by atoms with van der Waals surface area (Å²) in [5, 5.41) is 5.36. The van der Waals surface area contributed by atoms with Crippen LogP contribution in [0.25, 0.3) is 6.08 Å². The first-order valence-electron chi connectivity index (χ1n) is 12.2. The molecule has 0 aromatic heterocycles. The number of benzene rings is 3. The zero-order valence-electron chi connectivity index (χ0n) is 21.8. The van der Waals surface area contributed by atoms with Crippen LogP contribution in [-0.4, -0.2) is 37.0 Å². The highest BCUT2D eigenvalue weighted by atomic mass is 35.5. The van der Waals surface area contributed by atoms with E-state index >= 15 is 0 Å².